The van der Waals surface area contributed by atoms with E-state index in [1.165, 1.54) is 29.7 Å². The number of carbonyl (C=O) groups excluding carboxylic acids is 1. The molecule has 1 unspecified atom stereocenters. The maximum Gasteiger partial charge on any atom is 0.262 e. The summed E-state index contributed by atoms with van der Waals surface area (Å²) >= 11 is 1.66. The van der Waals surface area contributed by atoms with Crippen molar-refractivity contribution in [1.82, 2.24) is 20.2 Å². The minimum Gasteiger partial charge on any atom is -0.356 e. The molecule has 2 aliphatic rings. The van der Waals surface area contributed by atoms with Crippen LogP contribution in [0.15, 0.2) is 11.1 Å². The van der Waals surface area contributed by atoms with E-state index in [1.54, 1.807) is 22.2 Å². The van der Waals surface area contributed by atoms with Crippen LogP contribution in [-0.2, 0) is 24.2 Å². The monoisotopic (exact) mass is 424 g/mol. The first-order chi connectivity index (χ1) is 13.2. The Labute approximate surface area is 175 Å². The quantitative estimate of drug-likeness (QED) is 0.747. The maximum atomic E-state index is 12.9. The third-order valence-corrected chi connectivity index (χ3v) is 7.00. The number of halogens is 1. The molecule has 2 N–H and O–H groups in total. The summed E-state index contributed by atoms with van der Waals surface area (Å²) in [6.07, 6.45) is 9.81. The highest BCUT2D eigenvalue weighted by atomic mass is 35.5. The predicted molar refractivity (Wildman–Crippen MR) is 116 cm³/mol. The molecule has 1 atom stereocenters. The summed E-state index contributed by atoms with van der Waals surface area (Å²) in [5, 5.41) is 7.20. The standard InChI is InChI=1S/C20H28N4O2S.ClH/c25-17(22-10-7-14-4-3-9-21-12-14)8-11-24-13-23-19-18(20(24)26)15-5-1-2-6-16(15)27-19;/h13-14,21H,1-12H2,(H,22,25);1H. The van der Waals surface area contributed by atoms with Crippen molar-refractivity contribution < 1.29 is 4.79 Å². The first-order valence-electron chi connectivity index (χ1n) is 10.2. The number of carbonyl (C=O) groups is 1. The topological polar surface area (TPSA) is 76.0 Å². The van der Waals surface area contributed by atoms with Crippen LogP contribution in [0.25, 0.3) is 10.2 Å². The first kappa shape index (κ1) is 21.3. The highest BCUT2D eigenvalue weighted by Gasteiger charge is 2.20. The number of piperidine rings is 1. The molecule has 6 nitrogen and oxygen atoms in total. The number of nitrogens with one attached hydrogen (secondary N) is 2. The van der Waals surface area contributed by atoms with Crippen molar-refractivity contribution in [2.75, 3.05) is 19.6 Å². The van der Waals surface area contributed by atoms with E-state index in [9.17, 15) is 9.59 Å². The first-order valence-corrected chi connectivity index (χ1v) is 11.0. The van der Waals surface area contributed by atoms with Gasteiger partial charge in [-0.3, -0.25) is 14.2 Å². The zero-order valence-corrected chi connectivity index (χ0v) is 17.8. The average Bonchev–Trinajstić information content (AvgIpc) is 3.07. The van der Waals surface area contributed by atoms with Crippen LogP contribution < -0.4 is 16.2 Å². The highest BCUT2D eigenvalue weighted by molar-refractivity contribution is 7.18. The molecule has 1 saturated heterocycles. The molecule has 154 valence electrons. The van der Waals surface area contributed by atoms with Crippen molar-refractivity contribution in [3.8, 4) is 0 Å². The summed E-state index contributed by atoms with van der Waals surface area (Å²) in [6.45, 7) is 3.28. The van der Waals surface area contributed by atoms with E-state index >= 15 is 0 Å². The summed E-state index contributed by atoms with van der Waals surface area (Å²) in [5.74, 6) is 0.677. The number of amides is 1. The minimum atomic E-state index is 0. The SMILES string of the molecule is Cl.O=C(CCn1cnc2sc3c(c2c1=O)CCCC3)NCCC1CCCNC1. The van der Waals surface area contributed by atoms with E-state index in [1.807, 2.05) is 0 Å². The van der Waals surface area contributed by atoms with Gasteiger partial charge in [-0.1, -0.05) is 0 Å². The number of fused-ring (bicyclic) bond motifs is 3. The van der Waals surface area contributed by atoms with Gasteiger partial charge in [0.15, 0.2) is 0 Å². The van der Waals surface area contributed by atoms with Crippen LogP contribution in [0.4, 0.5) is 0 Å². The van der Waals surface area contributed by atoms with Crippen molar-refractivity contribution in [1.29, 1.82) is 0 Å². The zero-order chi connectivity index (χ0) is 18.6. The van der Waals surface area contributed by atoms with Crippen LogP contribution in [0.1, 0.15) is 49.0 Å². The van der Waals surface area contributed by atoms with Gasteiger partial charge < -0.3 is 10.6 Å². The lowest BCUT2D eigenvalue weighted by atomic mass is 9.96. The van der Waals surface area contributed by atoms with Gasteiger partial charge >= 0.3 is 0 Å². The van der Waals surface area contributed by atoms with E-state index in [2.05, 4.69) is 15.6 Å². The van der Waals surface area contributed by atoms with Gasteiger partial charge in [0.1, 0.15) is 4.83 Å². The summed E-state index contributed by atoms with van der Waals surface area (Å²) in [5.41, 5.74) is 1.22. The molecule has 0 saturated carbocycles. The smallest absolute Gasteiger partial charge is 0.262 e. The molecule has 3 heterocycles. The largest absolute Gasteiger partial charge is 0.356 e. The minimum absolute atomic E-state index is 0. The molecular weight excluding hydrogens is 396 g/mol. The summed E-state index contributed by atoms with van der Waals surface area (Å²) in [7, 11) is 0. The molecule has 2 aromatic rings. The van der Waals surface area contributed by atoms with Gasteiger partial charge in [0.25, 0.3) is 5.56 Å². The zero-order valence-electron chi connectivity index (χ0n) is 16.2. The molecule has 0 bridgehead atoms. The number of rotatable bonds is 6. The fraction of sp³-hybridized carbons (Fsp3) is 0.650. The van der Waals surface area contributed by atoms with Crippen molar-refractivity contribution in [2.45, 2.75) is 57.9 Å². The third-order valence-electron chi connectivity index (χ3n) is 5.80. The molecule has 0 radical (unpaired) electrons. The third kappa shape index (κ3) is 4.75. The lowest BCUT2D eigenvalue weighted by Gasteiger charge is -2.22. The van der Waals surface area contributed by atoms with Crippen molar-refractivity contribution in [2.24, 2.45) is 5.92 Å². The molecular formula is C20H29ClN4O2S. The molecule has 8 heteroatoms. The van der Waals surface area contributed by atoms with Crippen molar-refractivity contribution >= 4 is 39.9 Å². The maximum absolute atomic E-state index is 12.9. The second kappa shape index (κ2) is 9.85. The molecule has 2 aromatic heterocycles. The number of thiophene rings is 1. The summed E-state index contributed by atoms with van der Waals surface area (Å²) in [6, 6.07) is 0. The van der Waals surface area contributed by atoms with Gasteiger partial charge in [0.2, 0.25) is 5.91 Å². The van der Waals surface area contributed by atoms with Gasteiger partial charge in [-0.05, 0) is 69.5 Å². The van der Waals surface area contributed by atoms with Crippen molar-refractivity contribution in [3.63, 3.8) is 0 Å². The Kier molecular flexibility index (Phi) is 7.48. The van der Waals surface area contributed by atoms with Gasteiger partial charge in [0, 0.05) is 24.4 Å². The fourth-order valence-corrected chi connectivity index (χ4v) is 5.46. The highest BCUT2D eigenvalue weighted by Crippen LogP contribution is 2.33. The van der Waals surface area contributed by atoms with E-state index in [0.29, 0.717) is 18.9 Å². The average molecular weight is 425 g/mol. The van der Waals surface area contributed by atoms with Crippen LogP contribution in [-0.4, -0.2) is 35.1 Å². The lowest BCUT2D eigenvalue weighted by Crippen LogP contribution is -2.33. The van der Waals surface area contributed by atoms with E-state index < -0.39 is 0 Å². The number of hydrogen-bond acceptors (Lipinski definition) is 5. The van der Waals surface area contributed by atoms with Crippen LogP contribution in [0.2, 0.25) is 0 Å². The Morgan fingerprint density at radius 3 is 3.00 bits per heavy atom. The Morgan fingerprint density at radius 2 is 2.18 bits per heavy atom. The van der Waals surface area contributed by atoms with E-state index in [-0.39, 0.29) is 23.9 Å². The number of hydrogen-bond donors (Lipinski definition) is 2. The van der Waals surface area contributed by atoms with Gasteiger partial charge in [-0.2, -0.15) is 0 Å². The molecule has 28 heavy (non-hydrogen) atoms. The second-order valence-corrected chi connectivity index (χ2v) is 8.82. The molecule has 1 amide bonds. The molecule has 4 rings (SSSR count). The molecule has 0 spiro atoms. The van der Waals surface area contributed by atoms with Crippen LogP contribution >= 0.6 is 23.7 Å². The Bertz CT molecular complexity index is 873. The predicted octanol–water partition coefficient (Wildman–Crippen LogP) is 2.65. The van der Waals surface area contributed by atoms with E-state index in [4.69, 9.17) is 0 Å². The van der Waals surface area contributed by atoms with Crippen molar-refractivity contribution in [3.05, 3.63) is 27.1 Å². The van der Waals surface area contributed by atoms with Crippen LogP contribution in [0.3, 0.4) is 0 Å². The number of aryl methyl sites for hydroxylation is 3. The molecule has 1 aliphatic carbocycles. The van der Waals surface area contributed by atoms with Gasteiger partial charge in [-0.15, -0.1) is 23.7 Å². The molecule has 1 aliphatic heterocycles. The normalized spacial score (nSPS) is 19.1. The lowest BCUT2D eigenvalue weighted by molar-refractivity contribution is -0.121. The number of aromatic nitrogens is 2. The second-order valence-electron chi connectivity index (χ2n) is 7.74. The van der Waals surface area contributed by atoms with Gasteiger partial charge in [-0.25, -0.2) is 4.98 Å². The number of nitrogens with zero attached hydrogens (tertiary/aromatic N) is 2. The summed E-state index contributed by atoms with van der Waals surface area (Å²) in [4.78, 5) is 31.7. The van der Waals surface area contributed by atoms with Gasteiger partial charge in [0.05, 0.1) is 11.7 Å². The fourth-order valence-electron chi connectivity index (χ4n) is 4.24. The molecule has 1 fully saturated rings. The van der Waals surface area contributed by atoms with E-state index in [0.717, 1.165) is 55.5 Å². The van der Waals surface area contributed by atoms with Crippen LogP contribution in [0.5, 0.6) is 0 Å². The summed E-state index contributed by atoms with van der Waals surface area (Å²) < 4.78 is 1.61. The Balaban J connectivity index is 0.00000225. The Morgan fingerprint density at radius 1 is 1.32 bits per heavy atom. The molecule has 0 aromatic carbocycles. The Hall–Kier alpha value is -1.44. The van der Waals surface area contributed by atoms with Crippen LogP contribution in [0, 0.1) is 5.92 Å².